The van der Waals surface area contributed by atoms with Crippen LogP contribution in [0.1, 0.15) is 12.5 Å². The van der Waals surface area contributed by atoms with Crippen molar-refractivity contribution < 1.29 is 0 Å². The molecule has 2 aromatic rings. The zero-order chi connectivity index (χ0) is 11.7. The number of aromatic amines is 1. The van der Waals surface area contributed by atoms with Gasteiger partial charge in [-0.15, -0.1) is 0 Å². The Morgan fingerprint density at radius 3 is 2.81 bits per heavy atom. The van der Waals surface area contributed by atoms with Crippen molar-refractivity contribution in [1.82, 2.24) is 14.8 Å². The van der Waals surface area contributed by atoms with E-state index in [1.54, 1.807) is 16.9 Å². The number of aromatic nitrogens is 3. The van der Waals surface area contributed by atoms with E-state index < -0.39 is 0 Å². The van der Waals surface area contributed by atoms with Gasteiger partial charge in [-0.1, -0.05) is 6.92 Å². The molecule has 0 radical (unpaired) electrons. The predicted octanol–water partition coefficient (Wildman–Crippen LogP) is 0.920. The molecule has 3 N–H and O–H groups in total. The summed E-state index contributed by atoms with van der Waals surface area (Å²) < 4.78 is 1.65. The van der Waals surface area contributed by atoms with Gasteiger partial charge in [0.15, 0.2) is 0 Å². The van der Waals surface area contributed by atoms with Crippen LogP contribution in [-0.2, 0) is 13.5 Å². The summed E-state index contributed by atoms with van der Waals surface area (Å²) in [5.74, 6) is 0.670. The molecule has 0 saturated carbocycles. The Bertz CT molecular complexity index is 547. The lowest BCUT2D eigenvalue weighted by molar-refractivity contribution is 0.781. The first-order chi connectivity index (χ1) is 7.63. The van der Waals surface area contributed by atoms with Crippen molar-refractivity contribution in [2.45, 2.75) is 13.3 Å². The molecule has 0 spiro atoms. The van der Waals surface area contributed by atoms with Crippen LogP contribution in [0, 0.1) is 0 Å². The molecule has 0 fully saturated rings. The van der Waals surface area contributed by atoms with Crippen molar-refractivity contribution in [2.24, 2.45) is 7.05 Å². The van der Waals surface area contributed by atoms with Gasteiger partial charge in [-0.3, -0.25) is 9.48 Å². The minimum atomic E-state index is -0.120. The average Bonchev–Trinajstić information content (AvgIpc) is 2.56. The zero-order valence-electron chi connectivity index (χ0n) is 9.32. The molecular weight excluding hydrogens is 204 g/mol. The molecule has 16 heavy (non-hydrogen) atoms. The van der Waals surface area contributed by atoms with Crippen molar-refractivity contribution in [3.8, 4) is 11.3 Å². The molecule has 2 heterocycles. The topological polar surface area (TPSA) is 76.7 Å². The normalized spacial score (nSPS) is 10.6. The second kappa shape index (κ2) is 3.84. The molecule has 0 bridgehead atoms. The molecule has 0 amide bonds. The van der Waals surface area contributed by atoms with Crippen LogP contribution in [0.2, 0.25) is 0 Å². The lowest BCUT2D eigenvalue weighted by Gasteiger charge is -1.99. The number of hydrogen-bond acceptors (Lipinski definition) is 3. The predicted molar refractivity (Wildman–Crippen MR) is 63.1 cm³/mol. The Balaban J connectivity index is 2.59. The highest BCUT2D eigenvalue weighted by Gasteiger charge is 2.13. The zero-order valence-corrected chi connectivity index (χ0v) is 9.32. The standard InChI is InChI=1S/C11H14N4O/c1-3-8-10(14-15(2)11(8)12)7-4-5-9(16)13-6-7/h4-6H,3,12H2,1-2H3,(H,13,16). The molecule has 0 unspecified atom stereocenters. The largest absolute Gasteiger partial charge is 0.384 e. The van der Waals surface area contributed by atoms with Gasteiger partial charge < -0.3 is 10.7 Å². The molecule has 0 saturated heterocycles. The first kappa shape index (κ1) is 10.5. The number of H-pyrrole nitrogens is 1. The van der Waals surface area contributed by atoms with Crippen molar-refractivity contribution in [3.63, 3.8) is 0 Å². The highest BCUT2D eigenvalue weighted by atomic mass is 16.1. The number of rotatable bonds is 2. The third-order valence-electron chi connectivity index (χ3n) is 2.60. The van der Waals surface area contributed by atoms with E-state index in [9.17, 15) is 4.79 Å². The van der Waals surface area contributed by atoms with E-state index >= 15 is 0 Å². The molecule has 2 aromatic heterocycles. The molecule has 0 aromatic carbocycles. The maximum atomic E-state index is 11.0. The number of aryl methyl sites for hydroxylation is 1. The van der Waals surface area contributed by atoms with Crippen LogP contribution < -0.4 is 11.3 Å². The van der Waals surface area contributed by atoms with Gasteiger partial charge in [0, 0.05) is 30.4 Å². The summed E-state index contributed by atoms with van der Waals surface area (Å²) in [6, 6.07) is 3.24. The monoisotopic (exact) mass is 218 g/mol. The maximum Gasteiger partial charge on any atom is 0.247 e. The Morgan fingerprint density at radius 2 is 2.25 bits per heavy atom. The fourth-order valence-electron chi connectivity index (χ4n) is 1.72. The van der Waals surface area contributed by atoms with Crippen molar-refractivity contribution >= 4 is 5.82 Å². The minimum absolute atomic E-state index is 0.120. The van der Waals surface area contributed by atoms with Crippen molar-refractivity contribution in [2.75, 3.05) is 5.73 Å². The summed E-state index contributed by atoms with van der Waals surface area (Å²) >= 11 is 0. The highest BCUT2D eigenvalue weighted by Crippen LogP contribution is 2.25. The van der Waals surface area contributed by atoms with Gasteiger partial charge in [-0.25, -0.2) is 0 Å². The van der Waals surface area contributed by atoms with Gasteiger partial charge in [0.05, 0.1) is 5.69 Å². The fraction of sp³-hybridized carbons (Fsp3) is 0.273. The van der Waals surface area contributed by atoms with Crippen LogP contribution >= 0.6 is 0 Å². The number of anilines is 1. The Morgan fingerprint density at radius 1 is 1.50 bits per heavy atom. The van der Waals surface area contributed by atoms with Crippen LogP contribution in [0.3, 0.4) is 0 Å². The summed E-state index contributed by atoms with van der Waals surface area (Å²) in [5, 5.41) is 4.35. The lowest BCUT2D eigenvalue weighted by Crippen LogP contribution is -2.02. The van der Waals surface area contributed by atoms with E-state index in [2.05, 4.69) is 10.1 Å². The summed E-state index contributed by atoms with van der Waals surface area (Å²) in [6.07, 6.45) is 2.47. The number of hydrogen-bond donors (Lipinski definition) is 2. The van der Waals surface area contributed by atoms with Gasteiger partial charge in [-0.05, 0) is 12.5 Å². The summed E-state index contributed by atoms with van der Waals surface area (Å²) in [6.45, 7) is 2.03. The minimum Gasteiger partial charge on any atom is -0.384 e. The molecule has 84 valence electrons. The van der Waals surface area contributed by atoms with E-state index in [1.807, 2.05) is 14.0 Å². The summed E-state index contributed by atoms with van der Waals surface area (Å²) in [4.78, 5) is 13.6. The van der Waals surface area contributed by atoms with E-state index in [1.165, 1.54) is 6.07 Å². The Hall–Kier alpha value is -2.04. The molecular formula is C11H14N4O. The number of nitrogens with two attached hydrogens (primary N) is 1. The van der Waals surface area contributed by atoms with Gasteiger partial charge in [-0.2, -0.15) is 5.10 Å². The van der Waals surface area contributed by atoms with Gasteiger partial charge in [0.1, 0.15) is 5.82 Å². The van der Waals surface area contributed by atoms with E-state index in [0.29, 0.717) is 5.82 Å². The smallest absolute Gasteiger partial charge is 0.247 e. The first-order valence-corrected chi connectivity index (χ1v) is 5.14. The van der Waals surface area contributed by atoms with Crippen LogP contribution in [0.4, 0.5) is 5.82 Å². The van der Waals surface area contributed by atoms with Crippen LogP contribution in [0.15, 0.2) is 23.1 Å². The van der Waals surface area contributed by atoms with Crippen molar-refractivity contribution in [1.29, 1.82) is 0 Å². The first-order valence-electron chi connectivity index (χ1n) is 5.14. The van der Waals surface area contributed by atoms with Crippen LogP contribution in [0.5, 0.6) is 0 Å². The Labute approximate surface area is 92.9 Å². The molecule has 5 nitrogen and oxygen atoms in total. The lowest BCUT2D eigenvalue weighted by atomic mass is 10.1. The Kier molecular flexibility index (Phi) is 2.52. The van der Waals surface area contributed by atoms with Crippen LogP contribution in [0.25, 0.3) is 11.3 Å². The highest BCUT2D eigenvalue weighted by molar-refractivity contribution is 5.67. The molecule has 0 aliphatic carbocycles. The van der Waals surface area contributed by atoms with E-state index in [4.69, 9.17) is 5.73 Å². The summed E-state index contributed by atoms with van der Waals surface area (Å²) in [5.41, 5.74) is 8.51. The average molecular weight is 218 g/mol. The quantitative estimate of drug-likeness (QED) is 0.786. The van der Waals surface area contributed by atoms with Gasteiger partial charge >= 0.3 is 0 Å². The van der Waals surface area contributed by atoms with E-state index in [0.717, 1.165) is 23.2 Å². The second-order valence-corrected chi connectivity index (χ2v) is 3.63. The van der Waals surface area contributed by atoms with Gasteiger partial charge in [0.2, 0.25) is 5.56 Å². The second-order valence-electron chi connectivity index (χ2n) is 3.63. The molecule has 2 rings (SSSR count). The number of nitrogen functional groups attached to an aromatic ring is 1. The number of nitrogens with zero attached hydrogens (tertiary/aromatic N) is 2. The SMILES string of the molecule is CCc1c(-c2ccc(=O)[nH]c2)nn(C)c1N. The third-order valence-corrected chi connectivity index (χ3v) is 2.60. The molecule has 0 atom stereocenters. The van der Waals surface area contributed by atoms with Gasteiger partial charge in [0.25, 0.3) is 0 Å². The molecule has 5 heteroatoms. The summed E-state index contributed by atoms with van der Waals surface area (Å²) in [7, 11) is 1.81. The van der Waals surface area contributed by atoms with Crippen LogP contribution in [-0.4, -0.2) is 14.8 Å². The third kappa shape index (κ3) is 1.60. The van der Waals surface area contributed by atoms with Crippen molar-refractivity contribution in [3.05, 3.63) is 34.2 Å². The molecule has 0 aliphatic rings. The number of nitrogens with one attached hydrogen (secondary N) is 1. The number of pyridine rings is 1. The van der Waals surface area contributed by atoms with E-state index in [-0.39, 0.29) is 5.56 Å². The maximum absolute atomic E-state index is 11.0. The fourth-order valence-corrected chi connectivity index (χ4v) is 1.72. The molecule has 0 aliphatic heterocycles.